The summed E-state index contributed by atoms with van der Waals surface area (Å²) in [5.41, 5.74) is 0. The molecule has 1 rings (SSSR count). The predicted octanol–water partition coefficient (Wildman–Crippen LogP) is 1.01. The minimum Gasteiger partial charge on any atom is -0.508 e. The molecule has 0 fully saturated rings. The lowest BCUT2D eigenvalue weighted by molar-refractivity contribution is 0.309. The molecule has 0 unspecified atom stereocenters. The number of likely N-dealkylation sites (N-methyl/N-ethyl adjacent to an activating group) is 1. The highest BCUT2D eigenvalue weighted by molar-refractivity contribution is 7.89. The van der Waals surface area contributed by atoms with Crippen LogP contribution in [-0.2, 0) is 10.0 Å². The van der Waals surface area contributed by atoms with Gasteiger partial charge in [-0.15, -0.1) is 0 Å². The van der Waals surface area contributed by atoms with Crippen molar-refractivity contribution in [1.29, 1.82) is 0 Å². The van der Waals surface area contributed by atoms with E-state index in [1.54, 1.807) is 0 Å². The Hall–Kier alpha value is -1.11. The van der Waals surface area contributed by atoms with Crippen molar-refractivity contribution in [3.05, 3.63) is 24.3 Å². The van der Waals surface area contributed by atoms with Gasteiger partial charge in [0.2, 0.25) is 10.0 Å². The first-order valence-corrected chi connectivity index (χ1v) is 7.49. The number of nitrogens with one attached hydrogen (secondary N) is 1. The topological polar surface area (TPSA) is 69.6 Å². The van der Waals surface area contributed by atoms with Gasteiger partial charge in [-0.25, -0.2) is 13.1 Å². The van der Waals surface area contributed by atoms with Gasteiger partial charge in [0.15, 0.2) is 0 Å². The molecule has 0 saturated heterocycles. The van der Waals surface area contributed by atoms with Crippen LogP contribution in [0.1, 0.15) is 13.8 Å². The van der Waals surface area contributed by atoms with E-state index >= 15 is 0 Å². The highest BCUT2D eigenvalue weighted by Crippen LogP contribution is 2.13. The van der Waals surface area contributed by atoms with Crippen LogP contribution < -0.4 is 4.72 Å². The fourth-order valence-corrected chi connectivity index (χ4v) is 2.61. The van der Waals surface area contributed by atoms with Crippen molar-refractivity contribution < 1.29 is 13.5 Å². The Labute approximate surface area is 108 Å². The summed E-state index contributed by atoms with van der Waals surface area (Å²) in [5, 5.41) is 9.11. The van der Waals surface area contributed by atoms with Gasteiger partial charge >= 0.3 is 0 Å². The molecule has 6 heteroatoms. The zero-order valence-electron chi connectivity index (χ0n) is 10.8. The Balaban J connectivity index is 2.57. The van der Waals surface area contributed by atoms with Crippen molar-refractivity contribution >= 4 is 10.0 Å². The van der Waals surface area contributed by atoms with Crippen LogP contribution in [0.4, 0.5) is 0 Å². The number of phenolic OH excluding ortho intramolecular Hbond substituents is 1. The molecule has 1 aromatic rings. The summed E-state index contributed by atoms with van der Waals surface area (Å²) in [6.07, 6.45) is 0. The van der Waals surface area contributed by atoms with E-state index < -0.39 is 10.0 Å². The summed E-state index contributed by atoms with van der Waals surface area (Å²) in [4.78, 5) is 2.30. The smallest absolute Gasteiger partial charge is 0.240 e. The molecule has 102 valence electrons. The summed E-state index contributed by atoms with van der Waals surface area (Å²) < 4.78 is 26.3. The standard InChI is InChI=1S/C12H20N2O3S/c1-3-14(4-2)10-9-13-18(16,17)12-7-5-11(15)6-8-12/h5-8,13,15H,3-4,9-10H2,1-2H3. The SMILES string of the molecule is CCN(CC)CCNS(=O)(=O)c1ccc(O)cc1. The third kappa shape index (κ3) is 4.29. The van der Waals surface area contributed by atoms with Crippen LogP contribution in [0, 0.1) is 0 Å². The van der Waals surface area contributed by atoms with E-state index in [2.05, 4.69) is 9.62 Å². The number of benzene rings is 1. The molecule has 0 aliphatic carbocycles. The van der Waals surface area contributed by atoms with Crippen LogP contribution in [0.3, 0.4) is 0 Å². The summed E-state index contributed by atoms with van der Waals surface area (Å²) in [6, 6.07) is 5.49. The second-order valence-electron chi connectivity index (χ2n) is 3.92. The van der Waals surface area contributed by atoms with Crippen LogP contribution in [0.25, 0.3) is 0 Å². The van der Waals surface area contributed by atoms with Crippen molar-refractivity contribution in [2.75, 3.05) is 26.2 Å². The number of aromatic hydroxyl groups is 1. The zero-order chi connectivity index (χ0) is 13.6. The fourth-order valence-electron chi connectivity index (χ4n) is 1.59. The number of phenols is 1. The largest absolute Gasteiger partial charge is 0.508 e. The van der Waals surface area contributed by atoms with E-state index in [0.717, 1.165) is 13.1 Å². The summed E-state index contributed by atoms with van der Waals surface area (Å²) in [7, 11) is -3.48. The van der Waals surface area contributed by atoms with Crippen molar-refractivity contribution in [2.45, 2.75) is 18.7 Å². The number of sulfonamides is 1. The lowest BCUT2D eigenvalue weighted by Gasteiger charge is -2.17. The fraction of sp³-hybridized carbons (Fsp3) is 0.500. The molecule has 0 aliphatic heterocycles. The van der Waals surface area contributed by atoms with Gasteiger partial charge in [0, 0.05) is 13.1 Å². The van der Waals surface area contributed by atoms with Crippen molar-refractivity contribution in [3.8, 4) is 5.75 Å². The van der Waals surface area contributed by atoms with E-state index in [1.807, 2.05) is 13.8 Å². The Bertz CT molecular complexity index is 453. The van der Waals surface area contributed by atoms with E-state index in [4.69, 9.17) is 5.11 Å². The van der Waals surface area contributed by atoms with E-state index in [0.29, 0.717) is 13.1 Å². The monoisotopic (exact) mass is 272 g/mol. The van der Waals surface area contributed by atoms with E-state index in [9.17, 15) is 8.42 Å². The Morgan fingerprint density at radius 3 is 2.22 bits per heavy atom. The lowest BCUT2D eigenvalue weighted by atomic mass is 10.3. The molecule has 0 spiro atoms. The van der Waals surface area contributed by atoms with Gasteiger partial charge in [-0.3, -0.25) is 0 Å². The molecule has 2 N–H and O–H groups in total. The molecule has 5 nitrogen and oxygen atoms in total. The molecule has 0 heterocycles. The minimum absolute atomic E-state index is 0.0529. The van der Waals surface area contributed by atoms with Crippen LogP contribution in [0.5, 0.6) is 5.75 Å². The quantitative estimate of drug-likeness (QED) is 0.777. The maximum Gasteiger partial charge on any atom is 0.240 e. The number of hydrogen-bond acceptors (Lipinski definition) is 4. The Morgan fingerprint density at radius 2 is 1.72 bits per heavy atom. The minimum atomic E-state index is -3.48. The van der Waals surface area contributed by atoms with Crippen molar-refractivity contribution in [3.63, 3.8) is 0 Å². The van der Waals surface area contributed by atoms with Gasteiger partial charge in [0.05, 0.1) is 4.90 Å². The molecule has 0 amide bonds. The van der Waals surface area contributed by atoms with Gasteiger partial charge in [0.1, 0.15) is 5.75 Å². The second kappa shape index (κ2) is 6.72. The van der Waals surface area contributed by atoms with Crippen LogP contribution in [0.2, 0.25) is 0 Å². The van der Waals surface area contributed by atoms with Gasteiger partial charge in [-0.05, 0) is 37.4 Å². The predicted molar refractivity (Wildman–Crippen MR) is 71.1 cm³/mol. The Kier molecular flexibility index (Phi) is 5.58. The van der Waals surface area contributed by atoms with Gasteiger partial charge in [-0.2, -0.15) is 0 Å². The summed E-state index contributed by atoms with van der Waals surface area (Å²) in [5.74, 6) is 0.0529. The number of rotatable bonds is 7. The number of hydrogen-bond donors (Lipinski definition) is 2. The van der Waals surface area contributed by atoms with Crippen LogP contribution in [-0.4, -0.2) is 44.6 Å². The summed E-state index contributed by atoms with van der Waals surface area (Å²) >= 11 is 0. The molecule has 0 bridgehead atoms. The van der Waals surface area contributed by atoms with Gasteiger partial charge in [0.25, 0.3) is 0 Å². The van der Waals surface area contributed by atoms with Gasteiger partial charge in [-0.1, -0.05) is 13.8 Å². The van der Waals surface area contributed by atoms with Crippen LogP contribution >= 0.6 is 0 Å². The molecular formula is C12H20N2O3S. The lowest BCUT2D eigenvalue weighted by Crippen LogP contribution is -2.34. The van der Waals surface area contributed by atoms with E-state index in [1.165, 1.54) is 24.3 Å². The maximum absolute atomic E-state index is 11.9. The van der Waals surface area contributed by atoms with Gasteiger partial charge < -0.3 is 10.0 Å². The van der Waals surface area contributed by atoms with E-state index in [-0.39, 0.29) is 10.6 Å². The average Bonchev–Trinajstić information content (AvgIpc) is 2.35. The van der Waals surface area contributed by atoms with Crippen LogP contribution in [0.15, 0.2) is 29.2 Å². The molecule has 0 atom stereocenters. The van der Waals surface area contributed by atoms with Crippen molar-refractivity contribution in [2.24, 2.45) is 0 Å². The molecule has 1 aromatic carbocycles. The molecule has 18 heavy (non-hydrogen) atoms. The third-order valence-electron chi connectivity index (χ3n) is 2.76. The molecule has 0 radical (unpaired) electrons. The summed E-state index contributed by atoms with van der Waals surface area (Å²) in [6.45, 7) is 6.94. The second-order valence-corrected chi connectivity index (χ2v) is 5.69. The zero-order valence-corrected chi connectivity index (χ0v) is 11.6. The first kappa shape index (κ1) is 14.9. The molecule has 0 aromatic heterocycles. The maximum atomic E-state index is 11.9. The third-order valence-corrected chi connectivity index (χ3v) is 4.24. The average molecular weight is 272 g/mol. The highest BCUT2D eigenvalue weighted by Gasteiger charge is 2.13. The molecule has 0 aliphatic rings. The van der Waals surface area contributed by atoms with Crippen molar-refractivity contribution in [1.82, 2.24) is 9.62 Å². The molecule has 0 saturated carbocycles. The normalized spacial score (nSPS) is 11.9. The molecular weight excluding hydrogens is 252 g/mol. The first-order chi connectivity index (χ1) is 8.49. The number of nitrogens with zero attached hydrogens (tertiary/aromatic N) is 1. The Morgan fingerprint density at radius 1 is 1.17 bits per heavy atom. The first-order valence-electron chi connectivity index (χ1n) is 6.00. The highest BCUT2D eigenvalue weighted by atomic mass is 32.2.